The Morgan fingerprint density at radius 2 is 1.71 bits per heavy atom. The number of carbonyl (C=O) groups is 2. The van der Waals surface area contributed by atoms with E-state index in [1.807, 2.05) is 0 Å². The molecule has 0 aliphatic heterocycles. The van der Waals surface area contributed by atoms with Crippen LogP contribution < -0.4 is 0 Å². The highest BCUT2D eigenvalue weighted by Gasteiger charge is 2.46. The molecule has 14 heavy (non-hydrogen) atoms. The molecular weight excluding hydrogens is 205 g/mol. The third kappa shape index (κ3) is 3.63. The zero-order valence-corrected chi connectivity index (χ0v) is 7.21. The van der Waals surface area contributed by atoms with E-state index >= 15 is 0 Å². The third-order valence-electron chi connectivity index (χ3n) is 1.81. The van der Waals surface area contributed by atoms with Crippen LogP contribution in [0.4, 0.5) is 13.2 Å². The molecule has 0 bridgehead atoms. The van der Waals surface area contributed by atoms with E-state index < -0.39 is 36.4 Å². The molecule has 0 amide bonds. The van der Waals surface area contributed by atoms with Gasteiger partial charge in [-0.1, -0.05) is 6.92 Å². The average Bonchev–Trinajstić information content (AvgIpc) is 1.96. The Balaban J connectivity index is 4.73. The Hall–Kier alpha value is -1.27. The van der Waals surface area contributed by atoms with Crippen molar-refractivity contribution >= 4 is 11.9 Å². The van der Waals surface area contributed by atoms with E-state index in [2.05, 4.69) is 0 Å². The molecule has 7 heteroatoms. The maximum absolute atomic E-state index is 12.2. The van der Waals surface area contributed by atoms with Crippen molar-refractivity contribution in [2.75, 3.05) is 0 Å². The molecule has 0 spiro atoms. The summed E-state index contributed by atoms with van der Waals surface area (Å²) in [5, 5.41) is 16.5. The Morgan fingerprint density at radius 3 is 1.93 bits per heavy atom. The van der Waals surface area contributed by atoms with Crippen molar-refractivity contribution in [1.29, 1.82) is 0 Å². The highest BCUT2D eigenvalue weighted by molar-refractivity contribution is 5.72. The number of alkyl halides is 3. The Morgan fingerprint density at radius 1 is 1.29 bits per heavy atom. The number of hydrogen-bond donors (Lipinski definition) is 2. The quantitative estimate of drug-likeness (QED) is 0.740. The van der Waals surface area contributed by atoms with Gasteiger partial charge in [0, 0.05) is 0 Å². The van der Waals surface area contributed by atoms with Crippen LogP contribution in [0.2, 0.25) is 0 Å². The summed E-state index contributed by atoms with van der Waals surface area (Å²) in [5.41, 5.74) is 0. The van der Waals surface area contributed by atoms with Crippen molar-refractivity contribution in [3.63, 3.8) is 0 Å². The van der Waals surface area contributed by atoms with E-state index in [-0.39, 0.29) is 0 Å². The molecule has 4 nitrogen and oxygen atoms in total. The third-order valence-corrected chi connectivity index (χ3v) is 1.81. The van der Waals surface area contributed by atoms with Crippen LogP contribution >= 0.6 is 0 Å². The minimum atomic E-state index is -4.81. The van der Waals surface area contributed by atoms with Gasteiger partial charge in [0.1, 0.15) is 0 Å². The summed E-state index contributed by atoms with van der Waals surface area (Å²) in [6, 6.07) is 0. The fraction of sp³-hybridized carbons (Fsp3) is 0.714. The second-order valence-electron chi connectivity index (χ2n) is 2.87. The van der Waals surface area contributed by atoms with E-state index in [0.29, 0.717) is 0 Å². The molecule has 0 aromatic rings. The summed E-state index contributed by atoms with van der Waals surface area (Å²) < 4.78 is 36.5. The van der Waals surface area contributed by atoms with Crippen LogP contribution in [0.5, 0.6) is 0 Å². The summed E-state index contributed by atoms with van der Waals surface area (Å²) in [6.45, 7) is 0.837. The number of carboxylic acid groups (broad SMARTS) is 2. The van der Waals surface area contributed by atoms with Gasteiger partial charge in [-0.2, -0.15) is 13.2 Å². The summed E-state index contributed by atoms with van der Waals surface area (Å²) >= 11 is 0. The van der Waals surface area contributed by atoms with Crippen molar-refractivity contribution < 1.29 is 33.0 Å². The molecule has 2 N–H and O–H groups in total. The molecule has 0 radical (unpaired) electrons. The van der Waals surface area contributed by atoms with Crippen molar-refractivity contribution in [3.8, 4) is 0 Å². The summed E-state index contributed by atoms with van der Waals surface area (Å²) in [5.74, 6) is -7.43. The normalized spacial score (nSPS) is 16.0. The van der Waals surface area contributed by atoms with E-state index in [1.165, 1.54) is 0 Å². The topological polar surface area (TPSA) is 74.6 Å². The largest absolute Gasteiger partial charge is 0.481 e. The highest BCUT2D eigenvalue weighted by Crippen LogP contribution is 2.34. The first-order chi connectivity index (χ1) is 6.16. The standard InChI is InChI=1S/C7H9F3O4/c1-3(6(13)14)4(2-5(11)12)7(8,9)10/h3-4H,2H2,1H3,(H,11,12)(H,13,14). The van der Waals surface area contributed by atoms with Gasteiger partial charge in [0.25, 0.3) is 0 Å². The van der Waals surface area contributed by atoms with E-state index in [9.17, 15) is 22.8 Å². The molecule has 2 unspecified atom stereocenters. The first-order valence-corrected chi connectivity index (χ1v) is 3.67. The predicted octanol–water partition coefficient (Wildman–Crippen LogP) is 1.36. The van der Waals surface area contributed by atoms with Crippen LogP contribution in [0.25, 0.3) is 0 Å². The SMILES string of the molecule is CC(C(=O)O)C(CC(=O)O)C(F)(F)F. The van der Waals surface area contributed by atoms with Gasteiger partial charge in [-0.15, -0.1) is 0 Å². The van der Waals surface area contributed by atoms with Crippen LogP contribution in [-0.2, 0) is 9.59 Å². The zero-order chi connectivity index (χ0) is 11.5. The van der Waals surface area contributed by atoms with Crippen LogP contribution in [0.1, 0.15) is 13.3 Å². The number of aliphatic carboxylic acids is 2. The van der Waals surface area contributed by atoms with Crippen LogP contribution in [0.15, 0.2) is 0 Å². The lowest BCUT2D eigenvalue weighted by Crippen LogP contribution is -2.34. The van der Waals surface area contributed by atoms with Gasteiger partial charge in [-0.25, -0.2) is 0 Å². The van der Waals surface area contributed by atoms with E-state index in [0.717, 1.165) is 6.92 Å². The molecule has 0 heterocycles. The number of halogens is 3. The average molecular weight is 214 g/mol. The molecule has 0 fully saturated rings. The van der Waals surface area contributed by atoms with Crippen LogP contribution in [-0.4, -0.2) is 28.3 Å². The monoisotopic (exact) mass is 214 g/mol. The molecule has 0 aliphatic carbocycles. The van der Waals surface area contributed by atoms with Gasteiger partial charge in [-0.3, -0.25) is 9.59 Å². The highest BCUT2D eigenvalue weighted by atomic mass is 19.4. The molecule has 2 atom stereocenters. The minimum Gasteiger partial charge on any atom is -0.481 e. The second-order valence-corrected chi connectivity index (χ2v) is 2.87. The first kappa shape index (κ1) is 12.7. The van der Waals surface area contributed by atoms with Crippen molar-refractivity contribution in [3.05, 3.63) is 0 Å². The Kier molecular flexibility index (Phi) is 3.91. The van der Waals surface area contributed by atoms with Crippen molar-refractivity contribution in [2.45, 2.75) is 19.5 Å². The van der Waals surface area contributed by atoms with Gasteiger partial charge in [-0.05, 0) is 0 Å². The number of hydrogen-bond acceptors (Lipinski definition) is 2. The minimum absolute atomic E-state index is 0.837. The van der Waals surface area contributed by atoms with Crippen LogP contribution in [0, 0.1) is 11.8 Å². The summed E-state index contributed by atoms with van der Waals surface area (Å²) in [4.78, 5) is 20.4. The van der Waals surface area contributed by atoms with E-state index in [4.69, 9.17) is 10.2 Å². The number of carboxylic acids is 2. The van der Waals surface area contributed by atoms with Crippen LogP contribution in [0.3, 0.4) is 0 Å². The van der Waals surface area contributed by atoms with Gasteiger partial charge >= 0.3 is 18.1 Å². The zero-order valence-electron chi connectivity index (χ0n) is 7.21. The first-order valence-electron chi connectivity index (χ1n) is 3.67. The lowest BCUT2D eigenvalue weighted by atomic mass is 9.90. The van der Waals surface area contributed by atoms with Crippen molar-refractivity contribution in [1.82, 2.24) is 0 Å². The van der Waals surface area contributed by atoms with E-state index in [1.54, 1.807) is 0 Å². The molecule has 0 rings (SSSR count). The maximum atomic E-state index is 12.2. The summed E-state index contributed by atoms with van der Waals surface area (Å²) in [6.07, 6.45) is -6.03. The molecular formula is C7H9F3O4. The van der Waals surface area contributed by atoms with Gasteiger partial charge < -0.3 is 10.2 Å². The smallest absolute Gasteiger partial charge is 0.393 e. The summed E-state index contributed by atoms with van der Waals surface area (Å²) in [7, 11) is 0. The van der Waals surface area contributed by atoms with Crippen molar-refractivity contribution in [2.24, 2.45) is 11.8 Å². The molecule has 82 valence electrons. The molecule has 0 saturated carbocycles. The molecule has 0 saturated heterocycles. The maximum Gasteiger partial charge on any atom is 0.393 e. The molecule has 0 aromatic heterocycles. The Bertz CT molecular complexity index is 236. The second kappa shape index (κ2) is 4.30. The van der Waals surface area contributed by atoms with Gasteiger partial charge in [0.05, 0.1) is 18.3 Å². The lowest BCUT2D eigenvalue weighted by Gasteiger charge is -2.21. The Labute approximate surface area is 77.3 Å². The number of rotatable bonds is 4. The van der Waals surface area contributed by atoms with Gasteiger partial charge in [0.2, 0.25) is 0 Å². The van der Waals surface area contributed by atoms with Gasteiger partial charge in [0.15, 0.2) is 0 Å². The molecule has 0 aliphatic rings. The fourth-order valence-corrected chi connectivity index (χ4v) is 0.936. The molecule has 0 aromatic carbocycles. The lowest BCUT2D eigenvalue weighted by molar-refractivity contribution is -0.199. The predicted molar refractivity (Wildman–Crippen MR) is 38.6 cm³/mol. The fourth-order valence-electron chi connectivity index (χ4n) is 0.936.